The fraction of sp³-hybridized carbons (Fsp3) is 0.700. The van der Waals surface area contributed by atoms with E-state index in [1.165, 1.54) is 63.0 Å². The van der Waals surface area contributed by atoms with Crippen LogP contribution in [0.1, 0.15) is 44.6 Å². The van der Waals surface area contributed by atoms with Crippen LogP contribution in [0.25, 0.3) is 0 Å². The van der Waals surface area contributed by atoms with Crippen LogP contribution in [-0.2, 0) is 0 Å². The van der Waals surface area contributed by atoms with Crippen molar-refractivity contribution in [2.45, 2.75) is 46.0 Å². The molecule has 1 aromatic rings. The van der Waals surface area contributed by atoms with E-state index in [0.717, 1.165) is 29.9 Å². The molecular weight excluding hydrogens is 304 g/mol. The van der Waals surface area contributed by atoms with Crippen LogP contribution in [-0.4, -0.2) is 37.6 Å². The summed E-state index contributed by atoms with van der Waals surface area (Å²) in [5.41, 5.74) is 2.65. The number of hydrogen-bond donors (Lipinski definition) is 0. The molecule has 23 heavy (non-hydrogen) atoms. The van der Waals surface area contributed by atoms with Crippen molar-refractivity contribution < 1.29 is 0 Å². The van der Waals surface area contributed by atoms with Crippen molar-refractivity contribution in [1.82, 2.24) is 4.90 Å². The average molecular weight is 335 g/mol. The number of hydrogen-bond acceptors (Lipinski definition) is 2. The Bertz CT molecular complexity index is 500. The fourth-order valence-electron chi connectivity index (χ4n) is 4.12. The van der Waals surface area contributed by atoms with Gasteiger partial charge in [0.05, 0.1) is 0 Å². The predicted octanol–water partition coefficient (Wildman–Crippen LogP) is 4.99. The van der Waals surface area contributed by atoms with Crippen molar-refractivity contribution in [3.05, 3.63) is 28.8 Å². The minimum Gasteiger partial charge on any atom is -0.369 e. The van der Waals surface area contributed by atoms with Crippen LogP contribution in [0.2, 0.25) is 5.02 Å². The van der Waals surface area contributed by atoms with Gasteiger partial charge in [-0.25, -0.2) is 0 Å². The molecule has 2 nitrogen and oxygen atoms in total. The molecule has 0 amide bonds. The highest BCUT2D eigenvalue weighted by Crippen LogP contribution is 2.31. The molecule has 1 heterocycles. The highest BCUT2D eigenvalue weighted by molar-refractivity contribution is 6.30. The lowest BCUT2D eigenvalue weighted by molar-refractivity contribution is 0.208. The van der Waals surface area contributed by atoms with Crippen molar-refractivity contribution in [1.29, 1.82) is 0 Å². The number of rotatable bonds is 4. The Morgan fingerprint density at radius 3 is 2.43 bits per heavy atom. The molecule has 3 heteroatoms. The molecule has 0 spiro atoms. The van der Waals surface area contributed by atoms with E-state index in [1.54, 1.807) is 0 Å². The van der Waals surface area contributed by atoms with Crippen molar-refractivity contribution in [2.75, 3.05) is 37.6 Å². The average Bonchev–Trinajstić information content (AvgIpc) is 2.57. The van der Waals surface area contributed by atoms with E-state index < -0.39 is 0 Å². The van der Waals surface area contributed by atoms with Gasteiger partial charge in [-0.1, -0.05) is 50.3 Å². The second kappa shape index (κ2) is 7.90. The summed E-state index contributed by atoms with van der Waals surface area (Å²) in [5, 5.41) is 0.847. The molecule has 0 N–H and O–H groups in total. The Balaban J connectivity index is 1.44. The first-order valence-corrected chi connectivity index (χ1v) is 9.73. The third-order valence-corrected chi connectivity index (χ3v) is 6.11. The smallest absolute Gasteiger partial charge is 0.0426 e. The van der Waals surface area contributed by atoms with Crippen molar-refractivity contribution >= 4 is 17.3 Å². The summed E-state index contributed by atoms with van der Waals surface area (Å²) in [6, 6.07) is 6.24. The van der Waals surface area contributed by atoms with Gasteiger partial charge in [-0.2, -0.15) is 0 Å². The maximum atomic E-state index is 6.17. The molecule has 0 aromatic heterocycles. The summed E-state index contributed by atoms with van der Waals surface area (Å²) in [4.78, 5) is 5.16. The first-order valence-electron chi connectivity index (χ1n) is 9.35. The molecule has 2 aliphatic rings. The lowest BCUT2D eigenvalue weighted by atomic mass is 9.81. The minimum atomic E-state index is 0.847. The molecule has 128 valence electrons. The maximum Gasteiger partial charge on any atom is 0.0426 e. The van der Waals surface area contributed by atoms with E-state index in [-0.39, 0.29) is 0 Å². The van der Waals surface area contributed by atoms with E-state index in [9.17, 15) is 0 Å². The van der Waals surface area contributed by atoms with Gasteiger partial charge in [0.15, 0.2) is 0 Å². The van der Waals surface area contributed by atoms with Crippen LogP contribution < -0.4 is 4.90 Å². The first kappa shape index (κ1) is 17.1. The third-order valence-electron chi connectivity index (χ3n) is 5.87. The standard InChI is InChI=1S/C20H31ClN2/c1-16-3-6-18(7-4-16)9-10-22-11-13-23(14-12-22)20-15-19(21)8-5-17(20)2/h5,8,15-16,18H,3-4,6-7,9-14H2,1-2H3. The summed E-state index contributed by atoms with van der Waals surface area (Å²) in [6.45, 7) is 10.5. The van der Waals surface area contributed by atoms with Crippen LogP contribution in [0.5, 0.6) is 0 Å². The SMILES string of the molecule is Cc1ccc(Cl)cc1N1CCN(CCC2CCC(C)CC2)CC1. The molecule has 3 rings (SSSR count). The highest BCUT2D eigenvalue weighted by atomic mass is 35.5. The van der Waals surface area contributed by atoms with Crippen LogP contribution in [0.4, 0.5) is 5.69 Å². The van der Waals surface area contributed by atoms with E-state index in [4.69, 9.17) is 11.6 Å². The monoisotopic (exact) mass is 334 g/mol. The van der Waals surface area contributed by atoms with Gasteiger partial charge < -0.3 is 4.90 Å². The Hall–Kier alpha value is -0.730. The molecule has 1 aliphatic carbocycles. The first-order chi connectivity index (χ1) is 11.1. The molecule has 1 aliphatic heterocycles. The molecule has 0 radical (unpaired) electrons. The third kappa shape index (κ3) is 4.64. The second-order valence-corrected chi connectivity index (χ2v) is 8.11. The van der Waals surface area contributed by atoms with Crippen molar-refractivity contribution in [3.63, 3.8) is 0 Å². The summed E-state index contributed by atoms with van der Waals surface area (Å²) < 4.78 is 0. The van der Waals surface area contributed by atoms with Gasteiger partial charge >= 0.3 is 0 Å². The maximum absolute atomic E-state index is 6.17. The van der Waals surface area contributed by atoms with Crippen molar-refractivity contribution in [3.8, 4) is 0 Å². The van der Waals surface area contributed by atoms with Gasteiger partial charge in [-0.05, 0) is 49.4 Å². The van der Waals surface area contributed by atoms with Gasteiger partial charge in [0.1, 0.15) is 0 Å². The molecule has 1 aromatic carbocycles. The highest BCUT2D eigenvalue weighted by Gasteiger charge is 2.21. The lowest BCUT2D eigenvalue weighted by Gasteiger charge is -2.37. The van der Waals surface area contributed by atoms with Gasteiger partial charge in [-0.15, -0.1) is 0 Å². The number of aryl methyl sites for hydroxylation is 1. The van der Waals surface area contributed by atoms with Crippen LogP contribution in [0.3, 0.4) is 0 Å². The van der Waals surface area contributed by atoms with E-state index >= 15 is 0 Å². The molecule has 1 saturated carbocycles. The Morgan fingerprint density at radius 2 is 1.74 bits per heavy atom. The molecule has 1 saturated heterocycles. The number of benzene rings is 1. The van der Waals surface area contributed by atoms with Gasteiger partial charge in [0, 0.05) is 36.9 Å². The zero-order valence-electron chi connectivity index (χ0n) is 14.7. The zero-order valence-corrected chi connectivity index (χ0v) is 15.5. The van der Waals surface area contributed by atoms with Gasteiger partial charge in [0.25, 0.3) is 0 Å². The largest absolute Gasteiger partial charge is 0.369 e. The molecule has 2 fully saturated rings. The summed E-state index contributed by atoms with van der Waals surface area (Å²) in [5.74, 6) is 1.95. The number of nitrogens with zero attached hydrogens (tertiary/aromatic N) is 2. The topological polar surface area (TPSA) is 6.48 Å². The van der Waals surface area contributed by atoms with Gasteiger partial charge in [-0.3, -0.25) is 4.90 Å². The Labute approximate surface area is 146 Å². The Kier molecular flexibility index (Phi) is 5.87. The van der Waals surface area contributed by atoms with Crippen LogP contribution >= 0.6 is 11.6 Å². The van der Waals surface area contributed by atoms with Gasteiger partial charge in [0.2, 0.25) is 0 Å². The van der Waals surface area contributed by atoms with E-state index in [0.29, 0.717) is 0 Å². The Morgan fingerprint density at radius 1 is 1.04 bits per heavy atom. The molecule has 0 atom stereocenters. The van der Waals surface area contributed by atoms with E-state index in [1.807, 2.05) is 6.07 Å². The van der Waals surface area contributed by atoms with Crippen LogP contribution in [0, 0.1) is 18.8 Å². The predicted molar refractivity (Wildman–Crippen MR) is 101 cm³/mol. The summed E-state index contributed by atoms with van der Waals surface area (Å²) in [6.07, 6.45) is 7.23. The summed E-state index contributed by atoms with van der Waals surface area (Å²) >= 11 is 6.17. The summed E-state index contributed by atoms with van der Waals surface area (Å²) in [7, 11) is 0. The molecule has 0 unspecified atom stereocenters. The fourth-order valence-corrected chi connectivity index (χ4v) is 4.28. The second-order valence-electron chi connectivity index (χ2n) is 7.67. The molecule has 0 bridgehead atoms. The van der Waals surface area contributed by atoms with Crippen LogP contribution in [0.15, 0.2) is 18.2 Å². The van der Waals surface area contributed by atoms with Crippen molar-refractivity contribution in [2.24, 2.45) is 11.8 Å². The van der Waals surface area contributed by atoms with E-state index in [2.05, 4.69) is 35.8 Å². The number of anilines is 1. The number of piperazine rings is 1. The number of halogens is 1. The lowest BCUT2D eigenvalue weighted by Crippen LogP contribution is -2.47. The zero-order chi connectivity index (χ0) is 16.2. The normalized spacial score (nSPS) is 26.5. The minimum absolute atomic E-state index is 0.847. The molecular formula is C20H31ClN2. The quantitative estimate of drug-likeness (QED) is 0.765.